The standard InChI is InChI=1S/C16H14ClF3N2O3S/c1-26(24,25)22(12-8-6-11(17)7-9-12)10-15(23)21-14-5-3-2-4-13(14)16(18,19)20/h2-9H,10H2,1H3,(H,21,23). The van der Waals surface area contributed by atoms with Crippen LogP contribution in [-0.2, 0) is 21.0 Å². The zero-order valence-corrected chi connectivity index (χ0v) is 15.0. The fraction of sp³-hybridized carbons (Fsp3) is 0.188. The van der Waals surface area contributed by atoms with Crippen molar-refractivity contribution in [3.63, 3.8) is 0 Å². The maximum Gasteiger partial charge on any atom is 0.418 e. The number of hydrogen-bond acceptors (Lipinski definition) is 3. The van der Waals surface area contributed by atoms with E-state index in [4.69, 9.17) is 11.6 Å². The predicted octanol–water partition coefficient (Wildman–Crippen LogP) is 3.76. The highest BCUT2D eigenvalue weighted by Gasteiger charge is 2.33. The van der Waals surface area contributed by atoms with Gasteiger partial charge < -0.3 is 5.32 Å². The number of amides is 1. The monoisotopic (exact) mass is 406 g/mol. The highest BCUT2D eigenvalue weighted by Crippen LogP contribution is 2.34. The van der Waals surface area contributed by atoms with Crippen LogP contribution in [-0.4, -0.2) is 27.1 Å². The van der Waals surface area contributed by atoms with Gasteiger partial charge in [0.15, 0.2) is 0 Å². The summed E-state index contributed by atoms with van der Waals surface area (Å²) in [5.74, 6) is -0.915. The number of carbonyl (C=O) groups is 1. The molecule has 0 saturated carbocycles. The Hall–Kier alpha value is -2.26. The van der Waals surface area contributed by atoms with Crippen LogP contribution in [0.1, 0.15) is 5.56 Å². The number of para-hydroxylation sites is 1. The fourth-order valence-corrected chi connectivity index (χ4v) is 3.15. The molecule has 0 radical (unpaired) electrons. The number of halogens is 4. The summed E-state index contributed by atoms with van der Waals surface area (Å²) in [5, 5.41) is 2.48. The molecular formula is C16H14ClF3N2O3S. The molecule has 0 fully saturated rings. The molecule has 2 rings (SSSR count). The van der Waals surface area contributed by atoms with E-state index in [2.05, 4.69) is 5.32 Å². The lowest BCUT2D eigenvalue weighted by molar-refractivity contribution is -0.137. The number of hydrogen-bond donors (Lipinski definition) is 1. The summed E-state index contributed by atoms with van der Waals surface area (Å²) in [7, 11) is -3.85. The van der Waals surface area contributed by atoms with Crippen LogP contribution in [0.3, 0.4) is 0 Å². The normalized spacial score (nSPS) is 11.9. The van der Waals surface area contributed by atoms with Crippen LogP contribution >= 0.6 is 11.6 Å². The van der Waals surface area contributed by atoms with E-state index < -0.39 is 39.9 Å². The molecule has 0 atom stereocenters. The smallest absolute Gasteiger partial charge is 0.324 e. The van der Waals surface area contributed by atoms with Gasteiger partial charge >= 0.3 is 6.18 Å². The third-order valence-electron chi connectivity index (χ3n) is 3.31. The van der Waals surface area contributed by atoms with E-state index in [1.807, 2.05) is 0 Å². The largest absolute Gasteiger partial charge is 0.418 e. The third-order valence-corrected chi connectivity index (χ3v) is 4.70. The Morgan fingerprint density at radius 2 is 1.69 bits per heavy atom. The SMILES string of the molecule is CS(=O)(=O)N(CC(=O)Nc1ccccc1C(F)(F)F)c1ccc(Cl)cc1. The first kappa shape index (κ1) is 20.1. The first-order valence-corrected chi connectivity index (χ1v) is 9.40. The van der Waals surface area contributed by atoms with Crippen molar-refractivity contribution in [2.75, 3.05) is 22.4 Å². The van der Waals surface area contributed by atoms with E-state index in [-0.39, 0.29) is 5.69 Å². The molecular weight excluding hydrogens is 393 g/mol. The molecule has 0 unspecified atom stereocenters. The van der Waals surface area contributed by atoms with Gasteiger partial charge in [0.1, 0.15) is 6.54 Å². The van der Waals surface area contributed by atoms with E-state index in [9.17, 15) is 26.4 Å². The zero-order chi connectivity index (χ0) is 19.5. The molecule has 0 aliphatic heterocycles. The van der Waals surface area contributed by atoms with Crippen molar-refractivity contribution in [2.24, 2.45) is 0 Å². The predicted molar refractivity (Wildman–Crippen MR) is 93.7 cm³/mol. The van der Waals surface area contributed by atoms with E-state index in [0.717, 1.165) is 22.7 Å². The highest BCUT2D eigenvalue weighted by atomic mass is 35.5. The number of sulfonamides is 1. The van der Waals surface area contributed by atoms with Gasteiger partial charge in [-0.1, -0.05) is 23.7 Å². The molecule has 0 aliphatic rings. The fourth-order valence-electron chi connectivity index (χ4n) is 2.17. The summed E-state index contributed by atoms with van der Waals surface area (Å²) in [5.41, 5.74) is -1.31. The molecule has 0 spiro atoms. The van der Waals surface area contributed by atoms with Crippen molar-refractivity contribution in [3.8, 4) is 0 Å². The van der Waals surface area contributed by atoms with Gasteiger partial charge in [-0.15, -0.1) is 0 Å². The maximum absolute atomic E-state index is 13.0. The average Bonchev–Trinajstić information content (AvgIpc) is 2.52. The Bertz CT molecular complexity index is 900. The lowest BCUT2D eigenvalue weighted by Crippen LogP contribution is -2.37. The topological polar surface area (TPSA) is 66.5 Å². The second kappa shape index (κ2) is 7.55. The summed E-state index contributed by atoms with van der Waals surface area (Å²) in [6, 6.07) is 10.1. The Labute approximate surface area is 153 Å². The molecule has 0 aromatic heterocycles. The first-order chi connectivity index (χ1) is 12.0. The van der Waals surface area contributed by atoms with Crippen molar-refractivity contribution in [1.29, 1.82) is 0 Å². The number of alkyl halides is 3. The molecule has 5 nitrogen and oxygen atoms in total. The second-order valence-electron chi connectivity index (χ2n) is 5.34. The number of anilines is 2. The molecule has 1 N–H and O–H groups in total. The van der Waals surface area contributed by atoms with Crippen molar-refractivity contribution >= 4 is 38.9 Å². The molecule has 0 bridgehead atoms. The summed E-state index contributed by atoms with van der Waals surface area (Å²) in [6.45, 7) is -0.688. The van der Waals surface area contributed by atoms with Crippen LogP contribution in [0.4, 0.5) is 24.5 Å². The molecule has 0 heterocycles. The summed E-state index contributed by atoms with van der Waals surface area (Å²) < 4.78 is 63.7. The van der Waals surface area contributed by atoms with Crippen LogP contribution in [0.25, 0.3) is 0 Å². The van der Waals surface area contributed by atoms with E-state index >= 15 is 0 Å². The van der Waals surface area contributed by atoms with Crippen molar-refractivity contribution in [3.05, 3.63) is 59.1 Å². The Morgan fingerprint density at radius 1 is 1.12 bits per heavy atom. The molecule has 2 aromatic carbocycles. The van der Waals surface area contributed by atoms with Gasteiger partial charge in [0.05, 0.1) is 23.2 Å². The van der Waals surface area contributed by atoms with E-state index in [1.165, 1.54) is 36.4 Å². The Balaban J connectivity index is 2.26. The minimum Gasteiger partial charge on any atom is -0.324 e. The maximum atomic E-state index is 13.0. The lowest BCUT2D eigenvalue weighted by atomic mass is 10.1. The Morgan fingerprint density at radius 3 is 2.23 bits per heavy atom. The zero-order valence-electron chi connectivity index (χ0n) is 13.4. The highest BCUT2D eigenvalue weighted by molar-refractivity contribution is 7.92. The van der Waals surface area contributed by atoms with Gasteiger partial charge in [-0.05, 0) is 36.4 Å². The van der Waals surface area contributed by atoms with Crippen LogP contribution in [0.2, 0.25) is 5.02 Å². The van der Waals surface area contributed by atoms with Crippen LogP contribution in [0, 0.1) is 0 Å². The molecule has 2 aromatic rings. The molecule has 140 valence electrons. The van der Waals surface area contributed by atoms with Gasteiger partial charge in [-0.3, -0.25) is 9.10 Å². The first-order valence-electron chi connectivity index (χ1n) is 7.18. The minimum absolute atomic E-state index is 0.163. The average molecular weight is 407 g/mol. The van der Waals surface area contributed by atoms with Gasteiger partial charge in [-0.25, -0.2) is 8.42 Å². The molecule has 0 aliphatic carbocycles. The Kier molecular flexibility index (Phi) is 5.82. The van der Waals surface area contributed by atoms with E-state index in [0.29, 0.717) is 5.02 Å². The van der Waals surface area contributed by atoms with Crippen molar-refractivity contribution < 1.29 is 26.4 Å². The van der Waals surface area contributed by atoms with Gasteiger partial charge in [0.25, 0.3) is 0 Å². The number of nitrogens with zero attached hydrogens (tertiary/aromatic N) is 1. The molecule has 1 amide bonds. The number of carbonyl (C=O) groups excluding carboxylic acids is 1. The third kappa shape index (κ3) is 5.12. The lowest BCUT2D eigenvalue weighted by Gasteiger charge is -2.22. The van der Waals surface area contributed by atoms with Gasteiger partial charge in [0.2, 0.25) is 15.9 Å². The summed E-state index contributed by atoms with van der Waals surface area (Å²) >= 11 is 5.75. The molecule has 26 heavy (non-hydrogen) atoms. The number of rotatable bonds is 5. The van der Waals surface area contributed by atoms with Crippen molar-refractivity contribution in [2.45, 2.75) is 6.18 Å². The van der Waals surface area contributed by atoms with Gasteiger partial charge in [-0.2, -0.15) is 13.2 Å². The van der Waals surface area contributed by atoms with Gasteiger partial charge in [0, 0.05) is 5.02 Å². The quantitative estimate of drug-likeness (QED) is 0.822. The van der Waals surface area contributed by atoms with Crippen LogP contribution in [0.15, 0.2) is 48.5 Å². The minimum atomic E-state index is -4.66. The van der Waals surface area contributed by atoms with Crippen LogP contribution < -0.4 is 9.62 Å². The summed E-state index contributed by atoms with van der Waals surface area (Å²) in [6.07, 6.45) is -3.77. The summed E-state index contributed by atoms with van der Waals surface area (Å²) in [4.78, 5) is 12.2. The molecule has 0 saturated heterocycles. The van der Waals surface area contributed by atoms with E-state index in [1.54, 1.807) is 0 Å². The number of benzene rings is 2. The number of nitrogens with one attached hydrogen (secondary N) is 1. The molecule has 10 heteroatoms. The van der Waals surface area contributed by atoms with Crippen molar-refractivity contribution in [1.82, 2.24) is 0 Å². The second-order valence-corrected chi connectivity index (χ2v) is 7.68. The van der Waals surface area contributed by atoms with Crippen LogP contribution in [0.5, 0.6) is 0 Å².